The molecule has 0 aliphatic heterocycles. The number of hydrogen-bond donors (Lipinski definition) is 0. The van der Waals surface area contributed by atoms with Gasteiger partial charge in [-0.2, -0.15) is 0 Å². The van der Waals surface area contributed by atoms with Gasteiger partial charge in [0, 0.05) is 11.5 Å². The standard InChI is InChI=1S/C18H14O4/c1-20-16-9-5-6-13-12-15(22-18(13)16)10-11-17(19)21-14-7-3-2-4-8-14/h2-12H,1H3/b11-10+. The number of ether oxygens (including phenoxy) is 2. The Kier molecular flexibility index (Phi) is 3.92. The fourth-order valence-corrected chi connectivity index (χ4v) is 2.09. The van der Waals surface area contributed by atoms with Crippen LogP contribution < -0.4 is 9.47 Å². The summed E-state index contributed by atoms with van der Waals surface area (Å²) >= 11 is 0. The van der Waals surface area contributed by atoms with E-state index in [1.54, 1.807) is 37.5 Å². The molecule has 0 unspecified atom stereocenters. The Bertz CT molecular complexity index is 815. The fourth-order valence-electron chi connectivity index (χ4n) is 2.09. The largest absolute Gasteiger partial charge is 0.493 e. The first-order chi connectivity index (χ1) is 10.8. The van der Waals surface area contributed by atoms with Gasteiger partial charge in [0.15, 0.2) is 11.3 Å². The zero-order chi connectivity index (χ0) is 15.4. The molecule has 3 aromatic rings. The van der Waals surface area contributed by atoms with Crippen LogP contribution in [0.5, 0.6) is 11.5 Å². The van der Waals surface area contributed by atoms with Gasteiger partial charge in [-0.3, -0.25) is 0 Å². The molecule has 0 spiro atoms. The maximum atomic E-state index is 11.7. The highest BCUT2D eigenvalue weighted by atomic mass is 16.5. The van der Waals surface area contributed by atoms with E-state index >= 15 is 0 Å². The molecule has 110 valence electrons. The summed E-state index contributed by atoms with van der Waals surface area (Å²) in [6, 6.07) is 16.4. The summed E-state index contributed by atoms with van der Waals surface area (Å²) in [5, 5.41) is 0.912. The normalized spacial score (nSPS) is 11.0. The number of benzene rings is 2. The molecular formula is C18H14O4. The molecule has 0 radical (unpaired) electrons. The van der Waals surface area contributed by atoms with Crippen molar-refractivity contribution < 1.29 is 18.7 Å². The Morgan fingerprint density at radius 1 is 1.09 bits per heavy atom. The van der Waals surface area contributed by atoms with Crippen LogP contribution in [0.25, 0.3) is 17.0 Å². The van der Waals surface area contributed by atoms with Crippen LogP contribution >= 0.6 is 0 Å². The number of furan rings is 1. The van der Waals surface area contributed by atoms with E-state index < -0.39 is 5.97 Å². The van der Waals surface area contributed by atoms with Gasteiger partial charge in [0.05, 0.1) is 7.11 Å². The molecule has 0 aliphatic carbocycles. The maximum absolute atomic E-state index is 11.7. The summed E-state index contributed by atoms with van der Waals surface area (Å²) in [5.41, 5.74) is 0.654. The van der Waals surface area contributed by atoms with Gasteiger partial charge < -0.3 is 13.9 Å². The highest BCUT2D eigenvalue weighted by Gasteiger charge is 2.07. The van der Waals surface area contributed by atoms with Crippen molar-refractivity contribution in [2.45, 2.75) is 0 Å². The van der Waals surface area contributed by atoms with Crippen LogP contribution in [0, 0.1) is 0 Å². The van der Waals surface area contributed by atoms with Gasteiger partial charge in [0.25, 0.3) is 0 Å². The lowest BCUT2D eigenvalue weighted by Gasteiger charge is -1.99. The Hall–Kier alpha value is -3.01. The number of esters is 1. The number of hydrogen-bond acceptors (Lipinski definition) is 4. The van der Waals surface area contributed by atoms with Crippen molar-refractivity contribution in [3.63, 3.8) is 0 Å². The molecule has 0 aliphatic rings. The maximum Gasteiger partial charge on any atom is 0.336 e. The minimum atomic E-state index is -0.460. The molecule has 0 N–H and O–H groups in total. The summed E-state index contributed by atoms with van der Waals surface area (Å²) in [6.07, 6.45) is 2.90. The second-order valence-corrected chi connectivity index (χ2v) is 4.59. The number of methoxy groups -OCH3 is 1. The van der Waals surface area contributed by atoms with Gasteiger partial charge in [-0.1, -0.05) is 30.3 Å². The van der Waals surface area contributed by atoms with Crippen LogP contribution in [0.15, 0.2) is 65.1 Å². The molecule has 3 rings (SSSR count). The summed E-state index contributed by atoms with van der Waals surface area (Å²) in [4.78, 5) is 11.7. The zero-order valence-electron chi connectivity index (χ0n) is 12.0. The fraction of sp³-hybridized carbons (Fsp3) is 0.0556. The summed E-state index contributed by atoms with van der Waals surface area (Å²) < 4.78 is 16.1. The molecule has 0 fully saturated rings. The second kappa shape index (κ2) is 6.18. The van der Waals surface area contributed by atoms with Gasteiger partial charge in [-0.05, 0) is 30.3 Å². The summed E-state index contributed by atoms with van der Waals surface area (Å²) in [7, 11) is 1.59. The van der Waals surface area contributed by atoms with Crippen LogP contribution in [0.4, 0.5) is 0 Å². The summed E-state index contributed by atoms with van der Waals surface area (Å²) in [5.74, 6) is 1.26. The van der Waals surface area contributed by atoms with Crippen molar-refractivity contribution in [2.75, 3.05) is 7.11 Å². The summed E-state index contributed by atoms with van der Waals surface area (Å²) in [6.45, 7) is 0. The first-order valence-electron chi connectivity index (χ1n) is 6.78. The zero-order valence-corrected chi connectivity index (χ0v) is 12.0. The quantitative estimate of drug-likeness (QED) is 0.413. The minimum Gasteiger partial charge on any atom is -0.493 e. The number of carbonyl (C=O) groups excluding carboxylic acids is 1. The lowest BCUT2D eigenvalue weighted by molar-refractivity contribution is -0.128. The number of para-hydroxylation sites is 2. The third kappa shape index (κ3) is 3.01. The SMILES string of the molecule is COc1cccc2cc(/C=C/C(=O)Oc3ccccc3)oc12. The molecular weight excluding hydrogens is 280 g/mol. The first-order valence-corrected chi connectivity index (χ1v) is 6.78. The minimum absolute atomic E-state index is 0.460. The Morgan fingerprint density at radius 2 is 1.91 bits per heavy atom. The highest BCUT2D eigenvalue weighted by Crippen LogP contribution is 2.28. The van der Waals surface area contributed by atoms with E-state index in [2.05, 4.69) is 0 Å². The van der Waals surface area contributed by atoms with E-state index in [0.717, 1.165) is 5.39 Å². The Labute approximate surface area is 127 Å². The van der Waals surface area contributed by atoms with Gasteiger partial charge in [-0.25, -0.2) is 4.79 Å². The van der Waals surface area contributed by atoms with E-state index in [-0.39, 0.29) is 0 Å². The molecule has 0 saturated carbocycles. The molecule has 1 heterocycles. The molecule has 4 heteroatoms. The topological polar surface area (TPSA) is 48.7 Å². The molecule has 2 aromatic carbocycles. The molecule has 1 aromatic heterocycles. The van der Waals surface area contributed by atoms with Gasteiger partial charge in [-0.15, -0.1) is 0 Å². The van der Waals surface area contributed by atoms with E-state index in [4.69, 9.17) is 13.9 Å². The van der Waals surface area contributed by atoms with E-state index in [1.807, 2.05) is 30.3 Å². The Morgan fingerprint density at radius 3 is 2.68 bits per heavy atom. The van der Waals surface area contributed by atoms with E-state index in [0.29, 0.717) is 22.8 Å². The third-order valence-electron chi connectivity index (χ3n) is 3.09. The average Bonchev–Trinajstić information content (AvgIpc) is 2.97. The lowest BCUT2D eigenvalue weighted by Crippen LogP contribution is -2.03. The Balaban J connectivity index is 1.76. The molecule has 0 atom stereocenters. The van der Waals surface area contributed by atoms with Gasteiger partial charge >= 0.3 is 5.97 Å². The van der Waals surface area contributed by atoms with Crippen LogP contribution in [-0.2, 0) is 4.79 Å². The number of fused-ring (bicyclic) bond motifs is 1. The van der Waals surface area contributed by atoms with Crippen molar-refractivity contribution in [1.29, 1.82) is 0 Å². The van der Waals surface area contributed by atoms with Gasteiger partial charge in [0.1, 0.15) is 11.5 Å². The predicted octanol–water partition coefficient (Wildman–Crippen LogP) is 4.06. The monoisotopic (exact) mass is 294 g/mol. The van der Waals surface area contributed by atoms with Gasteiger partial charge in [0.2, 0.25) is 0 Å². The smallest absolute Gasteiger partial charge is 0.336 e. The van der Waals surface area contributed by atoms with E-state index in [9.17, 15) is 4.79 Å². The number of carbonyl (C=O) groups is 1. The lowest BCUT2D eigenvalue weighted by atomic mass is 10.2. The molecule has 22 heavy (non-hydrogen) atoms. The third-order valence-corrected chi connectivity index (χ3v) is 3.09. The van der Waals surface area contributed by atoms with Crippen LogP contribution in [0.3, 0.4) is 0 Å². The molecule has 0 bridgehead atoms. The van der Waals surface area contributed by atoms with Crippen LogP contribution in [0.1, 0.15) is 5.76 Å². The first kappa shape index (κ1) is 13.9. The molecule has 4 nitrogen and oxygen atoms in total. The van der Waals surface area contributed by atoms with Crippen molar-refractivity contribution in [2.24, 2.45) is 0 Å². The number of rotatable bonds is 4. The molecule has 0 amide bonds. The van der Waals surface area contributed by atoms with Crippen LogP contribution in [0.2, 0.25) is 0 Å². The average molecular weight is 294 g/mol. The van der Waals surface area contributed by atoms with Crippen molar-refractivity contribution in [1.82, 2.24) is 0 Å². The molecule has 0 saturated heterocycles. The van der Waals surface area contributed by atoms with Crippen LogP contribution in [-0.4, -0.2) is 13.1 Å². The van der Waals surface area contributed by atoms with Crippen molar-refractivity contribution >= 4 is 23.0 Å². The van der Waals surface area contributed by atoms with Crippen molar-refractivity contribution in [3.05, 3.63) is 66.4 Å². The van der Waals surface area contributed by atoms with Crippen molar-refractivity contribution in [3.8, 4) is 11.5 Å². The second-order valence-electron chi connectivity index (χ2n) is 4.59. The highest BCUT2D eigenvalue weighted by molar-refractivity contribution is 5.90. The van der Waals surface area contributed by atoms with E-state index in [1.165, 1.54) is 6.08 Å². The predicted molar refractivity (Wildman–Crippen MR) is 83.9 cm³/mol.